The largest absolute Gasteiger partial charge is 0.476 e. The molecule has 1 aromatic carbocycles. The Bertz CT molecular complexity index is 715. The number of carbonyl (C=O) groups excluding carboxylic acids is 1. The first-order valence-electron chi connectivity index (χ1n) is 7.18. The predicted molar refractivity (Wildman–Crippen MR) is 91.6 cm³/mol. The highest BCUT2D eigenvalue weighted by atomic mass is 35.5. The Kier molecular flexibility index (Phi) is 7.20. The zero-order valence-corrected chi connectivity index (χ0v) is 14.4. The molecule has 0 unspecified atom stereocenters. The number of halogens is 2. The molecule has 0 aliphatic carbocycles. The molecule has 1 aliphatic heterocycles. The maximum absolute atomic E-state index is 12.0. The van der Waals surface area contributed by atoms with E-state index in [1.165, 1.54) is 18.3 Å². The van der Waals surface area contributed by atoms with Gasteiger partial charge in [0.1, 0.15) is 0 Å². The van der Waals surface area contributed by atoms with Gasteiger partial charge in [-0.15, -0.1) is 0 Å². The highest BCUT2D eigenvalue weighted by molar-refractivity contribution is 6.40. The average molecular weight is 388 g/mol. The van der Waals surface area contributed by atoms with Crippen molar-refractivity contribution in [2.45, 2.75) is 0 Å². The van der Waals surface area contributed by atoms with E-state index in [1.54, 1.807) is 6.07 Å². The number of anilines is 1. The van der Waals surface area contributed by atoms with Crippen molar-refractivity contribution in [3.05, 3.63) is 45.7 Å². The molecule has 2 heterocycles. The summed E-state index contributed by atoms with van der Waals surface area (Å²) in [6.07, 6.45) is 1.19. The third kappa shape index (κ3) is 5.43. The van der Waals surface area contributed by atoms with E-state index in [0.717, 1.165) is 26.4 Å². The van der Waals surface area contributed by atoms with Crippen LogP contribution in [-0.2, 0) is 9.47 Å². The fraction of sp³-hybridized carbons (Fsp3) is 0.267. The number of hydrogen-bond acceptors (Lipinski definition) is 5. The molecule has 25 heavy (non-hydrogen) atoms. The van der Waals surface area contributed by atoms with E-state index in [-0.39, 0.29) is 27.0 Å². The summed E-state index contributed by atoms with van der Waals surface area (Å²) in [5, 5.41) is 17.4. The lowest BCUT2D eigenvalue weighted by molar-refractivity contribution is -0.0334. The number of hydrogen-bond donors (Lipinski definition) is 3. The Morgan fingerprint density at radius 1 is 1.12 bits per heavy atom. The lowest BCUT2D eigenvalue weighted by atomic mass is 10.2. The molecular formula is C15H15Cl2N3O5. The second kappa shape index (κ2) is 9.38. The van der Waals surface area contributed by atoms with Crippen LogP contribution in [0.2, 0.25) is 10.0 Å². The number of carbonyl (C=O) groups is 2. The van der Waals surface area contributed by atoms with Crippen LogP contribution in [0.3, 0.4) is 0 Å². The van der Waals surface area contributed by atoms with Crippen LogP contribution in [-0.4, -0.2) is 53.6 Å². The number of nitrogens with zero attached hydrogens (tertiary/aromatic N) is 1. The molecule has 0 spiro atoms. The Labute approximate surface area is 153 Å². The molecule has 3 rings (SSSR count). The van der Waals surface area contributed by atoms with Crippen LogP contribution >= 0.6 is 23.2 Å². The molecule has 1 amide bonds. The maximum atomic E-state index is 12.0. The molecule has 10 heteroatoms. The molecule has 1 saturated heterocycles. The minimum Gasteiger partial charge on any atom is -0.476 e. The number of aromatic amines is 1. The van der Waals surface area contributed by atoms with Gasteiger partial charge in [-0.1, -0.05) is 29.3 Å². The fourth-order valence-corrected chi connectivity index (χ4v) is 2.45. The molecular weight excluding hydrogens is 373 g/mol. The third-order valence-corrected chi connectivity index (χ3v) is 3.67. The highest BCUT2D eigenvalue weighted by Gasteiger charge is 2.19. The maximum Gasteiger partial charge on any atom is 0.356 e. The lowest BCUT2D eigenvalue weighted by Gasteiger charge is -2.09. The van der Waals surface area contributed by atoms with Gasteiger partial charge in [-0.25, -0.2) is 4.79 Å². The first-order valence-corrected chi connectivity index (χ1v) is 7.93. The Morgan fingerprint density at radius 2 is 1.68 bits per heavy atom. The van der Waals surface area contributed by atoms with Gasteiger partial charge in [0.2, 0.25) is 0 Å². The summed E-state index contributed by atoms with van der Waals surface area (Å²) < 4.78 is 9.89. The molecule has 0 radical (unpaired) electrons. The van der Waals surface area contributed by atoms with Crippen LogP contribution in [0.4, 0.5) is 5.69 Å². The number of carboxylic acids is 1. The summed E-state index contributed by atoms with van der Waals surface area (Å²) in [6.45, 7) is 3.11. The zero-order valence-electron chi connectivity index (χ0n) is 12.9. The van der Waals surface area contributed by atoms with Crippen molar-refractivity contribution in [3.63, 3.8) is 0 Å². The van der Waals surface area contributed by atoms with Crippen LogP contribution in [0.25, 0.3) is 0 Å². The molecule has 8 nitrogen and oxygen atoms in total. The Balaban J connectivity index is 0.000000316. The van der Waals surface area contributed by atoms with Crippen molar-refractivity contribution < 1.29 is 24.2 Å². The molecule has 0 bridgehead atoms. The Morgan fingerprint density at radius 3 is 2.16 bits per heavy atom. The van der Waals surface area contributed by atoms with Gasteiger partial charge in [0, 0.05) is 0 Å². The number of H-pyrrole nitrogens is 1. The minimum absolute atomic E-state index is 0.0356. The van der Waals surface area contributed by atoms with Gasteiger partial charge in [-0.05, 0) is 12.1 Å². The minimum atomic E-state index is -1.24. The summed E-state index contributed by atoms with van der Waals surface area (Å²) in [7, 11) is 0. The number of aromatic carboxylic acids is 1. The third-order valence-electron chi connectivity index (χ3n) is 3.04. The van der Waals surface area contributed by atoms with Crippen molar-refractivity contribution in [2.75, 3.05) is 31.7 Å². The molecule has 1 aromatic heterocycles. The van der Waals surface area contributed by atoms with Crippen molar-refractivity contribution in [2.24, 2.45) is 0 Å². The van der Waals surface area contributed by atoms with E-state index < -0.39 is 11.9 Å². The number of aromatic nitrogens is 2. The van der Waals surface area contributed by atoms with Gasteiger partial charge in [0.15, 0.2) is 5.69 Å². The summed E-state index contributed by atoms with van der Waals surface area (Å²) in [4.78, 5) is 22.9. The van der Waals surface area contributed by atoms with Crippen LogP contribution in [0.1, 0.15) is 20.8 Å². The van der Waals surface area contributed by atoms with Crippen LogP contribution in [0.5, 0.6) is 0 Å². The van der Waals surface area contributed by atoms with E-state index in [9.17, 15) is 9.59 Å². The van der Waals surface area contributed by atoms with Gasteiger partial charge in [0.05, 0.1) is 53.9 Å². The highest BCUT2D eigenvalue weighted by Crippen LogP contribution is 2.25. The van der Waals surface area contributed by atoms with Crippen molar-refractivity contribution >= 4 is 40.8 Å². The average Bonchev–Trinajstić information content (AvgIpc) is 3.05. The number of amides is 1. The smallest absolute Gasteiger partial charge is 0.356 e. The van der Waals surface area contributed by atoms with E-state index in [2.05, 4.69) is 15.5 Å². The lowest BCUT2D eigenvalue weighted by Crippen LogP contribution is -2.16. The quantitative estimate of drug-likeness (QED) is 0.745. The number of benzene rings is 1. The first-order chi connectivity index (χ1) is 12.0. The molecule has 1 aliphatic rings. The van der Waals surface area contributed by atoms with Gasteiger partial charge in [-0.3, -0.25) is 9.89 Å². The van der Waals surface area contributed by atoms with Gasteiger partial charge in [0.25, 0.3) is 5.91 Å². The van der Waals surface area contributed by atoms with Gasteiger partial charge in [-0.2, -0.15) is 5.10 Å². The second-order valence-corrected chi connectivity index (χ2v) is 5.55. The summed E-state index contributed by atoms with van der Waals surface area (Å²) in [5.74, 6) is -1.85. The molecule has 134 valence electrons. The molecule has 0 saturated carbocycles. The standard InChI is InChI=1S/C11H7Cl2N3O3.C4H8O2/c12-5-2-1-3-6(13)8(5)10(17)15-7-4-14-16-9(7)11(18)19;1-2-6-4-3-5-1/h1-4H,(H,14,16)(H,15,17)(H,18,19);1-4H2. The van der Waals surface area contributed by atoms with E-state index in [1.807, 2.05) is 0 Å². The monoisotopic (exact) mass is 387 g/mol. The number of rotatable bonds is 3. The van der Waals surface area contributed by atoms with Crippen LogP contribution < -0.4 is 5.32 Å². The predicted octanol–water partition coefficient (Wildman–Crippen LogP) is 2.70. The number of nitrogens with one attached hydrogen (secondary N) is 2. The normalized spacial score (nSPS) is 13.5. The van der Waals surface area contributed by atoms with E-state index in [0.29, 0.717) is 0 Å². The van der Waals surface area contributed by atoms with E-state index >= 15 is 0 Å². The molecule has 1 fully saturated rings. The number of carboxylic acid groups (broad SMARTS) is 1. The summed E-state index contributed by atoms with van der Waals surface area (Å²) in [5.41, 5.74) is -0.117. The SMILES string of the molecule is C1COCCO1.O=C(O)c1[nH]ncc1NC(=O)c1c(Cl)cccc1Cl. The summed E-state index contributed by atoms with van der Waals surface area (Å²) in [6, 6.07) is 4.62. The fourth-order valence-electron chi connectivity index (χ4n) is 1.88. The van der Waals surface area contributed by atoms with Gasteiger partial charge >= 0.3 is 5.97 Å². The number of ether oxygens (including phenoxy) is 2. The van der Waals surface area contributed by atoms with Crippen molar-refractivity contribution in [1.82, 2.24) is 10.2 Å². The molecule has 2 aromatic rings. The van der Waals surface area contributed by atoms with Gasteiger partial charge < -0.3 is 19.9 Å². The van der Waals surface area contributed by atoms with Crippen LogP contribution in [0.15, 0.2) is 24.4 Å². The van der Waals surface area contributed by atoms with E-state index in [4.69, 9.17) is 37.8 Å². The van der Waals surface area contributed by atoms with Crippen LogP contribution in [0, 0.1) is 0 Å². The zero-order chi connectivity index (χ0) is 18.2. The second-order valence-electron chi connectivity index (χ2n) is 4.74. The first kappa shape index (κ1) is 19.2. The summed E-state index contributed by atoms with van der Waals surface area (Å²) >= 11 is 11.8. The van der Waals surface area contributed by atoms with Crippen molar-refractivity contribution in [3.8, 4) is 0 Å². The van der Waals surface area contributed by atoms with Crippen molar-refractivity contribution in [1.29, 1.82) is 0 Å². The Hall–Kier alpha value is -2.13. The molecule has 0 atom stereocenters. The molecule has 3 N–H and O–H groups in total. The topological polar surface area (TPSA) is 114 Å².